The lowest BCUT2D eigenvalue weighted by Crippen LogP contribution is -2.50. The molecule has 5 nitrogen and oxygen atoms in total. The van der Waals surface area contributed by atoms with Gasteiger partial charge in [-0.1, -0.05) is 12.8 Å². The van der Waals surface area contributed by atoms with Crippen LogP contribution in [-0.4, -0.2) is 35.6 Å². The van der Waals surface area contributed by atoms with Crippen molar-refractivity contribution in [1.82, 2.24) is 10.6 Å². The molecule has 0 radical (unpaired) electrons. The Kier molecular flexibility index (Phi) is 6.89. The largest absolute Gasteiger partial charge is 0.394 e. The Morgan fingerprint density at radius 3 is 2.04 bits per heavy atom. The van der Waals surface area contributed by atoms with Gasteiger partial charge in [0.2, 0.25) is 17.6 Å². The van der Waals surface area contributed by atoms with E-state index >= 15 is 0 Å². The number of rotatable bonds is 6. The number of amides is 2. The number of aliphatic hydroxyl groups excluding tert-OH is 1. The van der Waals surface area contributed by atoms with Gasteiger partial charge in [-0.2, -0.15) is 0 Å². The maximum Gasteiger partial charge on any atom is 0.245 e. The molecule has 0 aliphatic heterocycles. The molecule has 1 aromatic rings. The highest BCUT2D eigenvalue weighted by atomic mass is 19.2. The normalized spacial score (nSPS) is 15.9. The Balaban J connectivity index is 2.06. The zero-order chi connectivity index (χ0) is 20.1. The van der Waals surface area contributed by atoms with Gasteiger partial charge in [0.25, 0.3) is 0 Å². The molecule has 10 heteroatoms. The molecular formula is C17H17F5N2O3. The number of hydrogen-bond donors (Lipinski definition) is 3. The van der Waals surface area contributed by atoms with E-state index in [4.69, 9.17) is 0 Å². The zero-order valence-corrected chi connectivity index (χ0v) is 14.0. The number of hydrogen-bond acceptors (Lipinski definition) is 3. The zero-order valence-electron chi connectivity index (χ0n) is 14.0. The average molecular weight is 392 g/mol. The monoisotopic (exact) mass is 392 g/mol. The predicted octanol–water partition coefficient (Wildman–Crippen LogP) is 1.93. The molecule has 0 bridgehead atoms. The van der Waals surface area contributed by atoms with Crippen LogP contribution in [0.25, 0.3) is 6.08 Å². The minimum absolute atomic E-state index is 0.0626. The summed E-state index contributed by atoms with van der Waals surface area (Å²) in [5.41, 5.74) is -1.29. The van der Waals surface area contributed by atoms with Gasteiger partial charge >= 0.3 is 0 Å². The van der Waals surface area contributed by atoms with Crippen LogP contribution in [0.4, 0.5) is 22.0 Å². The highest BCUT2D eigenvalue weighted by Gasteiger charge is 2.25. The molecule has 1 aromatic carbocycles. The first-order valence-electron chi connectivity index (χ1n) is 8.17. The summed E-state index contributed by atoms with van der Waals surface area (Å²) in [5, 5.41) is 14.0. The Hall–Kier alpha value is -2.49. The van der Waals surface area contributed by atoms with Crippen LogP contribution in [0, 0.1) is 29.1 Å². The molecule has 1 atom stereocenters. The van der Waals surface area contributed by atoms with Crippen molar-refractivity contribution < 1.29 is 36.6 Å². The van der Waals surface area contributed by atoms with E-state index in [2.05, 4.69) is 10.6 Å². The summed E-state index contributed by atoms with van der Waals surface area (Å²) in [6.07, 6.45) is 4.35. The first-order chi connectivity index (χ1) is 12.8. The van der Waals surface area contributed by atoms with Gasteiger partial charge in [-0.15, -0.1) is 0 Å². The molecule has 0 heterocycles. The highest BCUT2D eigenvalue weighted by molar-refractivity contribution is 5.95. The number of carbonyl (C=O) groups is 2. The molecule has 0 aromatic heterocycles. The lowest BCUT2D eigenvalue weighted by Gasteiger charge is -2.18. The summed E-state index contributed by atoms with van der Waals surface area (Å²) in [5.74, 6) is -12.5. The molecule has 2 amide bonds. The van der Waals surface area contributed by atoms with Crippen molar-refractivity contribution >= 4 is 17.9 Å². The van der Waals surface area contributed by atoms with Crippen LogP contribution >= 0.6 is 0 Å². The van der Waals surface area contributed by atoms with Gasteiger partial charge in [0.15, 0.2) is 23.3 Å². The van der Waals surface area contributed by atoms with Crippen LogP contribution in [0.5, 0.6) is 0 Å². The Bertz CT molecular complexity index is 734. The summed E-state index contributed by atoms with van der Waals surface area (Å²) >= 11 is 0. The van der Waals surface area contributed by atoms with Crippen LogP contribution < -0.4 is 10.6 Å². The molecule has 0 spiro atoms. The van der Waals surface area contributed by atoms with Crippen molar-refractivity contribution in [3.8, 4) is 0 Å². The maximum absolute atomic E-state index is 13.5. The first kappa shape index (κ1) is 20.8. The van der Waals surface area contributed by atoms with Crippen LogP contribution in [0.2, 0.25) is 0 Å². The smallest absolute Gasteiger partial charge is 0.245 e. The fourth-order valence-corrected chi connectivity index (χ4v) is 2.71. The summed E-state index contributed by atoms with van der Waals surface area (Å²) < 4.78 is 66.2. The van der Waals surface area contributed by atoms with Crippen LogP contribution in [0.1, 0.15) is 31.2 Å². The van der Waals surface area contributed by atoms with Gasteiger partial charge in [-0.3, -0.25) is 9.59 Å². The maximum atomic E-state index is 13.5. The topological polar surface area (TPSA) is 78.4 Å². The summed E-state index contributed by atoms with van der Waals surface area (Å²) in [6.45, 7) is -0.735. The van der Waals surface area contributed by atoms with Crippen molar-refractivity contribution in [2.24, 2.45) is 0 Å². The van der Waals surface area contributed by atoms with E-state index in [0.29, 0.717) is 12.2 Å². The van der Waals surface area contributed by atoms with Gasteiger partial charge in [0.1, 0.15) is 6.04 Å². The lowest BCUT2D eigenvalue weighted by atomic mass is 10.1. The number of benzene rings is 1. The number of carbonyl (C=O) groups excluding carboxylic acids is 2. The quantitative estimate of drug-likeness (QED) is 0.300. The minimum Gasteiger partial charge on any atom is -0.394 e. The molecule has 1 aliphatic rings. The molecule has 1 fully saturated rings. The van der Waals surface area contributed by atoms with Crippen molar-refractivity contribution in [3.05, 3.63) is 40.7 Å². The first-order valence-corrected chi connectivity index (χ1v) is 8.17. The van der Waals surface area contributed by atoms with Gasteiger partial charge < -0.3 is 15.7 Å². The van der Waals surface area contributed by atoms with E-state index in [-0.39, 0.29) is 6.04 Å². The second kappa shape index (κ2) is 8.94. The molecule has 1 saturated carbocycles. The average Bonchev–Trinajstić information content (AvgIpc) is 3.15. The van der Waals surface area contributed by atoms with Crippen molar-refractivity contribution in [1.29, 1.82) is 0 Å². The standard InChI is InChI=1S/C17H17F5N2O3/c18-12-9(13(19)15(21)16(22)14(12)20)5-6-11(26)24-10(7-25)17(27)23-8-3-1-2-4-8/h5-6,8,10,25H,1-4,7H2,(H,23,27)(H,24,26)/t10-/m0/s1. The number of halogens is 5. The van der Waals surface area contributed by atoms with E-state index in [1.54, 1.807) is 0 Å². The van der Waals surface area contributed by atoms with Crippen molar-refractivity contribution in [2.45, 2.75) is 37.8 Å². The Labute approximate surface area is 151 Å². The number of nitrogens with one attached hydrogen (secondary N) is 2. The Morgan fingerprint density at radius 2 is 1.52 bits per heavy atom. The van der Waals surface area contributed by atoms with E-state index < -0.39 is 59.1 Å². The van der Waals surface area contributed by atoms with Crippen LogP contribution in [0.15, 0.2) is 6.08 Å². The molecule has 3 N–H and O–H groups in total. The minimum atomic E-state index is -2.31. The molecule has 148 valence electrons. The molecule has 27 heavy (non-hydrogen) atoms. The predicted molar refractivity (Wildman–Crippen MR) is 84.7 cm³/mol. The molecule has 0 saturated heterocycles. The van der Waals surface area contributed by atoms with E-state index in [9.17, 15) is 36.6 Å². The third-order valence-corrected chi connectivity index (χ3v) is 4.16. The third kappa shape index (κ3) is 4.82. The van der Waals surface area contributed by atoms with E-state index in [0.717, 1.165) is 25.7 Å². The van der Waals surface area contributed by atoms with Crippen LogP contribution in [-0.2, 0) is 9.59 Å². The molecule has 0 unspecified atom stereocenters. The summed E-state index contributed by atoms with van der Waals surface area (Å²) in [6, 6.07) is -1.38. The second-order valence-electron chi connectivity index (χ2n) is 6.05. The summed E-state index contributed by atoms with van der Waals surface area (Å²) in [4.78, 5) is 23.8. The summed E-state index contributed by atoms with van der Waals surface area (Å²) in [7, 11) is 0. The highest BCUT2D eigenvalue weighted by Crippen LogP contribution is 2.24. The van der Waals surface area contributed by atoms with E-state index in [1.165, 1.54) is 0 Å². The van der Waals surface area contributed by atoms with Gasteiger partial charge in [-0.25, -0.2) is 22.0 Å². The van der Waals surface area contributed by atoms with E-state index in [1.807, 2.05) is 0 Å². The third-order valence-electron chi connectivity index (χ3n) is 4.16. The fourth-order valence-electron chi connectivity index (χ4n) is 2.71. The number of aliphatic hydroxyl groups is 1. The molecular weight excluding hydrogens is 375 g/mol. The Morgan fingerprint density at radius 1 is 1.00 bits per heavy atom. The molecule has 1 aliphatic carbocycles. The van der Waals surface area contributed by atoms with Crippen LogP contribution in [0.3, 0.4) is 0 Å². The fraction of sp³-hybridized carbons (Fsp3) is 0.412. The van der Waals surface area contributed by atoms with Gasteiger partial charge in [-0.05, 0) is 18.9 Å². The van der Waals surface area contributed by atoms with Gasteiger partial charge in [0.05, 0.1) is 12.2 Å². The van der Waals surface area contributed by atoms with Crippen molar-refractivity contribution in [3.63, 3.8) is 0 Å². The SMILES string of the molecule is O=C(C=Cc1c(F)c(F)c(F)c(F)c1F)N[C@@H](CO)C(=O)NC1CCCC1. The van der Waals surface area contributed by atoms with Gasteiger partial charge in [0, 0.05) is 12.1 Å². The second-order valence-corrected chi connectivity index (χ2v) is 6.05. The molecule has 2 rings (SSSR count). The van der Waals surface area contributed by atoms with Crippen molar-refractivity contribution in [2.75, 3.05) is 6.61 Å². The lowest BCUT2D eigenvalue weighted by molar-refractivity contribution is -0.128.